The number of carbonyl (C=O) groups is 1. The van der Waals surface area contributed by atoms with Gasteiger partial charge in [-0.25, -0.2) is 4.68 Å². The molecule has 3 aromatic rings. The number of aryl methyl sites for hydroxylation is 3. The molecule has 10 heteroatoms. The Kier molecular flexibility index (Phi) is 6.56. The maximum atomic E-state index is 12.4. The molecular weight excluding hydrogens is 412 g/mol. The molecule has 0 radical (unpaired) electrons. The number of thioether (sulfide) groups is 1. The molecule has 2 aromatic carbocycles. The van der Waals surface area contributed by atoms with Crippen LogP contribution in [0.25, 0.3) is 11.4 Å². The summed E-state index contributed by atoms with van der Waals surface area (Å²) in [4.78, 5) is 12.4. The molecular formula is C20H21F2N5O2S. The smallest absolute Gasteiger partial charge is 0.387 e. The van der Waals surface area contributed by atoms with Gasteiger partial charge >= 0.3 is 6.61 Å². The van der Waals surface area contributed by atoms with Gasteiger partial charge in [-0.05, 0) is 56.2 Å². The van der Waals surface area contributed by atoms with Crippen LogP contribution in [0, 0.1) is 20.8 Å². The van der Waals surface area contributed by atoms with Crippen LogP contribution in [0.5, 0.6) is 5.75 Å². The Balaban J connectivity index is 1.65. The summed E-state index contributed by atoms with van der Waals surface area (Å²) in [7, 11) is 0. The summed E-state index contributed by atoms with van der Waals surface area (Å²) in [5.41, 5.74) is 4.50. The number of hydrogen-bond acceptors (Lipinski definition) is 6. The molecule has 0 saturated carbocycles. The van der Waals surface area contributed by atoms with E-state index in [1.807, 2.05) is 32.9 Å². The van der Waals surface area contributed by atoms with Gasteiger partial charge < -0.3 is 15.9 Å². The highest BCUT2D eigenvalue weighted by atomic mass is 32.2. The maximum Gasteiger partial charge on any atom is 0.387 e. The number of nitrogens with zero attached hydrogens (tertiary/aromatic N) is 3. The number of rotatable bonds is 7. The quantitative estimate of drug-likeness (QED) is 0.433. The summed E-state index contributed by atoms with van der Waals surface area (Å²) < 4.78 is 30.1. The van der Waals surface area contributed by atoms with Crippen molar-refractivity contribution in [2.75, 3.05) is 16.9 Å². The number of ether oxygens (including phenoxy) is 1. The molecule has 158 valence electrons. The van der Waals surface area contributed by atoms with E-state index in [2.05, 4.69) is 20.3 Å². The second-order valence-corrected chi connectivity index (χ2v) is 7.63. The largest absolute Gasteiger partial charge is 0.435 e. The van der Waals surface area contributed by atoms with E-state index >= 15 is 0 Å². The minimum absolute atomic E-state index is 0.0322. The van der Waals surface area contributed by atoms with Crippen molar-refractivity contribution in [3.8, 4) is 17.1 Å². The molecule has 0 aliphatic heterocycles. The van der Waals surface area contributed by atoms with E-state index in [0.717, 1.165) is 34.1 Å². The third-order valence-electron chi connectivity index (χ3n) is 4.28. The average Bonchev–Trinajstić information content (AvgIpc) is 3.03. The van der Waals surface area contributed by atoms with Crippen molar-refractivity contribution in [3.63, 3.8) is 0 Å². The van der Waals surface area contributed by atoms with E-state index in [-0.39, 0.29) is 17.4 Å². The number of halogens is 2. The Morgan fingerprint density at radius 1 is 1.17 bits per heavy atom. The lowest BCUT2D eigenvalue weighted by Gasteiger charge is -2.12. The predicted octanol–water partition coefficient (Wildman–Crippen LogP) is 3.92. The van der Waals surface area contributed by atoms with Crippen molar-refractivity contribution in [1.29, 1.82) is 0 Å². The fourth-order valence-corrected chi connectivity index (χ4v) is 3.70. The van der Waals surface area contributed by atoms with Crippen LogP contribution < -0.4 is 15.9 Å². The Morgan fingerprint density at radius 3 is 2.40 bits per heavy atom. The molecule has 0 unspecified atom stereocenters. The number of hydrogen-bond donors (Lipinski definition) is 2. The normalized spacial score (nSPS) is 11.0. The summed E-state index contributed by atoms with van der Waals surface area (Å²) in [6.07, 6.45) is 0. The van der Waals surface area contributed by atoms with Gasteiger partial charge in [0.15, 0.2) is 5.82 Å². The number of nitrogen functional groups attached to an aromatic ring is 1. The van der Waals surface area contributed by atoms with E-state index in [9.17, 15) is 13.6 Å². The average molecular weight is 433 g/mol. The van der Waals surface area contributed by atoms with E-state index in [1.54, 1.807) is 12.1 Å². The second-order valence-electron chi connectivity index (χ2n) is 6.69. The molecule has 0 bridgehead atoms. The first-order valence-electron chi connectivity index (χ1n) is 9.01. The standard InChI is InChI=1S/C20H21F2N5O2S/c1-11-8-12(2)17(13(3)9-11)24-16(28)10-30-20-26-25-18(27(20)23)14-4-6-15(7-5-14)29-19(21)22/h4-9,19H,10,23H2,1-3H3,(H,24,28). The van der Waals surface area contributed by atoms with Crippen LogP contribution in [0.3, 0.4) is 0 Å². The number of amides is 1. The highest BCUT2D eigenvalue weighted by molar-refractivity contribution is 7.99. The molecule has 1 heterocycles. The SMILES string of the molecule is Cc1cc(C)c(NC(=O)CSc2nnc(-c3ccc(OC(F)F)cc3)n2N)c(C)c1. The molecule has 1 aromatic heterocycles. The van der Waals surface area contributed by atoms with Gasteiger partial charge in [0.2, 0.25) is 11.1 Å². The number of carbonyl (C=O) groups excluding carboxylic acids is 1. The zero-order valence-electron chi connectivity index (χ0n) is 16.6. The van der Waals surface area contributed by atoms with Crippen molar-refractivity contribution in [3.05, 3.63) is 53.1 Å². The minimum Gasteiger partial charge on any atom is -0.435 e. The zero-order valence-corrected chi connectivity index (χ0v) is 17.5. The zero-order chi connectivity index (χ0) is 21.8. The van der Waals surface area contributed by atoms with Crippen LogP contribution in [0.4, 0.5) is 14.5 Å². The third kappa shape index (κ3) is 5.07. The predicted molar refractivity (Wildman–Crippen MR) is 112 cm³/mol. The van der Waals surface area contributed by atoms with Crippen molar-refractivity contribution >= 4 is 23.4 Å². The topological polar surface area (TPSA) is 95.1 Å². The van der Waals surface area contributed by atoms with Crippen molar-refractivity contribution in [2.24, 2.45) is 0 Å². The molecule has 1 amide bonds. The van der Waals surface area contributed by atoms with Crippen LogP contribution >= 0.6 is 11.8 Å². The van der Waals surface area contributed by atoms with Gasteiger partial charge in [-0.1, -0.05) is 29.5 Å². The molecule has 0 aliphatic rings. The van der Waals surface area contributed by atoms with E-state index in [4.69, 9.17) is 5.84 Å². The summed E-state index contributed by atoms with van der Waals surface area (Å²) in [6.45, 7) is 3.01. The van der Waals surface area contributed by atoms with Crippen LogP contribution in [0.2, 0.25) is 0 Å². The van der Waals surface area contributed by atoms with E-state index in [0.29, 0.717) is 16.5 Å². The molecule has 0 atom stereocenters. The highest BCUT2D eigenvalue weighted by Crippen LogP contribution is 2.25. The van der Waals surface area contributed by atoms with Crippen LogP contribution in [-0.2, 0) is 4.79 Å². The first kappa shape index (κ1) is 21.6. The van der Waals surface area contributed by atoms with Gasteiger partial charge in [0, 0.05) is 11.3 Å². The molecule has 0 aliphatic carbocycles. The molecule has 0 fully saturated rings. The summed E-state index contributed by atoms with van der Waals surface area (Å²) in [5, 5.41) is 11.3. The van der Waals surface area contributed by atoms with Crippen molar-refractivity contribution in [1.82, 2.24) is 14.9 Å². The minimum atomic E-state index is -2.89. The Bertz CT molecular complexity index is 1030. The van der Waals surface area contributed by atoms with Gasteiger partial charge in [0.05, 0.1) is 5.75 Å². The lowest BCUT2D eigenvalue weighted by Crippen LogP contribution is -2.17. The van der Waals surface area contributed by atoms with Gasteiger partial charge in [0.1, 0.15) is 5.75 Å². The van der Waals surface area contributed by atoms with Crippen LogP contribution in [-0.4, -0.2) is 33.1 Å². The summed E-state index contributed by atoms with van der Waals surface area (Å²) >= 11 is 1.14. The van der Waals surface area contributed by atoms with E-state index in [1.165, 1.54) is 16.8 Å². The van der Waals surface area contributed by atoms with Crippen molar-refractivity contribution < 1.29 is 18.3 Å². The lowest BCUT2D eigenvalue weighted by atomic mass is 10.1. The summed E-state index contributed by atoms with van der Waals surface area (Å²) in [5.74, 6) is 6.33. The van der Waals surface area contributed by atoms with E-state index < -0.39 is 6.61 Å². The molecule has 3 N–H and O–H groups in total. The van der Waals surface area contributed by atoms with Gasteiger partial charge in [-0.2, -0.15) is 8.78 Å². The van der Waals surface area contributed by atoms with Crippen molar-refractivity contribution in [2.45, 2.75) is 32.5 Å². The number of alkyl halides is 2. The first-order valence-corrected chi connectivity index (χ1v) is 9.99. The number of anilines is 1. The molecule has 30 heavy (non-hydrogen) atoms. The highest BCUT2D eigenvalue weighted by Gasteiger charge is 2.15. The Morgan fingerprint density at radius 2 is 1.80 bits per heavy atom. The first-order chi connectivity index (χ1) is 14.2. The second kappa shape index (κ2) is 9.12. The monoisotopic (exact) mass is 433 g/mol. The molecule has 0 saturated heterocycles. The lowest BCUT2D eigenvalue weighted by molar-refractivity contribution is -0.113. The number of nitrogens with one attached hydrogen (secondary N) is 1. The van der Waals surface area contributed by atoms with Crippen LogP contribution in [0.1, 0.15) is 16.7 Å². The molecule has 3 rings (SSSR count). The number of benzene rings is 2. The Labute approximate surface area is 176 Å². The molecule has 0 spiro atoms. The van der Waals surface area contributed by atoms with Crippen LogP contribution in [0.15, 0.2) is 41.6 Å². The van der Waals surface area contributed by atoms with Gasteiger partial charge in [0.25, 0.3) is 0 Å². The molecule has 7 nitrogen and oxygen atoms in total. The maximum absolute atomic E-state index is 12.4. The number of nitrogens with two attached hydrogens (primary N) is 1. The van der Waals surface area contributed by atoms with Gasteiger partial charge in [-0.15, -0.1) is 10.2 Å². The Hall–Kier alpha value is -3.14. The number of aromatic nitrogens is 3. The van der Waals surface area contributed by atoms with Gasteiger partial charge in [-0.3, -0.25) is 4.79 Å². The fraction of sp³-hybridized carbons (Fsp3) is 0.250. The summed E-state index contributed by atoms with van der Waals surface area (Å²) in [6, 6.07) is 9.90. The fourth-order valence-electron chi connectivity index (χ4n) is 3.04. The third-order valence-corrected chi connectivity index (χ3v) is 5.22.